The van der Waals surface area contributed by atoms with Crippen LogP contribution in [0.3, 0.4) is 0 Å². The van der Waals surface area contributed by atoms with E-state index in [-0.39, 0.29) is 19.3 Å². The molecule has 0 saturated carbocycles. The van der Waals surface area contributed by atoms with E-state index in [1.54, 1.807) is 41.5 Å². The summed E-state index contributed by atoms with van der Waals surface area (Å²) in [5.74, 6) is -2.85. The highest BCUT2D eigenvalue weighted by Gasteiger charge is 2.51. The fourth-order valence-electron chi connectivity index (χ4n) is 4.60. The molecule has 0 aromatic carbocycles. The second kappa shape index (κ2) is 10.3. The standard InChI is InChI=1S/C23H37N3O8/c1-21(2,3)16(19(29)33-22(4,5)6)14-23(26(31)32,12-11-18(27)28)13-15-9-7-8-10-17-24-34-20(30)25(15)17/h15-16H,7-14H2,1-6H3,(H,27,28). The number of carboxylic acids is 1. The zero-order chi connectivity index (χ0) is 25.9. The minimum Gasteiger partial charge on any atom is -0.481 e. The van der Waals surface area contributed by atoms with Crippen LogP contribution in [-0.4, -0.2) is 42.8 Å². The molecule has 192 valence electrons. The summed E-state index contributed by atoms with van der Waals surface area (Å²) in [4.78, 5) is 49.2. The fourth-order valence-corrected chi connectivity index (χ4v) is 4.60. The van der Waals surface area contributed by atoms with Crippen LogP contribution in [0.2, 0.25) is 0 Å². The number of fused-ring (bicyclic) bond motifs is 1. The molecule has 2 heterocycles. The van der Waals surface area contributed by atoms with Crippen LogP contribution in [0.4, 0.5) is 0 Å². The van der Waals surface area contributed by atoms with E-state index in [1.807, 2.05) is 0 Å². The number of aliphatic carboxylic acids is 1. The molecule has 0 bridgehead atoms. The number of hydrogen-bond acceptors (Lipinski definition) is 8. The van der Waals surface area contributed by atoms with Crippen molar-refractivity contribution in [3.05, 3.63) is 26.5 Å². The molecule has 1 aromatic heterocycles. The Bertz CT molecular complexity index is 953. The molecule has 0 radical (unpaired) electrons. The van der Waals surface area contributed by atoms with Crippen LogP contribution in [0.1, 0.15) is 98.4 Å². The molecular formula is C23H37N3O8. The number of hydrogen-bond donors (Lipinski definition) is 1. The summed E-state index contributed by atoms with van der Waals surface area (Å²) in [6.07, 6.45) is 1.45. The number of rotatable bonds is 9. The molecule has 11 nitrogen and oxygen atoms in total. The van der Waals surface area contributed by atoms with Gasteiger partial charge in [0, 0.05) is 36.6 Å². The van der Waals surface area contributed by atoms with Gasteiger partial charge < -0.3 is 9.84 Å². The summed E-state index contributed by atoms with van der Waals surface area (Å²) in [6.45, 7) is 10.6. The second-order valence-corrected chi connectivity index (χ2v) is 11.4. The maximum absolute atomic E-state index is 13.2. The molecule has 1 aliphatic heterocycles. The summed E-state index contributed by atoms with van der Waals surface area (Å²) in [5.41, 5.74) is -3.24. The molecule has 2 rings (SSSR count). The van der Waals surface area contributed by atoms with Crippen molar-refractivity contribution < 1.29 is 28.9 Å². The molecule has 0 saturated heterocycles. The molecule has 3 atom stereocenters. The Kier molecular flexibility index (Phi) is 8.31. The summed E-state index contributed by atoms with van der Waals surface area (Å²) >= 11 is 0. The second-order valence-electron chi connectivity index (χ2n) is 11.4. The summed E-state index contributed by atoms with van der Waals surface area (Å²) in [7, 11) is 0. The third-order valence-electron chi connectivity index (χ3n) is 6.38. The van der Waals surface area contributed by atoms with Gasteiger partial charge in [-0.15, -0.1) is 0 Å². The number of carbonyl (C=O) groups is 2. The lowest BCUT2D eigenvalue weighted by molar-refractivity contribution is -0.576. The van der Waals surface area contributed by atoms with Crippen molar-refractivity contribution >= 4 is 11.9 Å². The number of esters is 1. The van der Waals surface area contributed by atoms with Gasteiger partial charge in [-0.3, -0.25) is 28.8 Å². The van der Waals surface area contributed by atoms with Gasteiger partial charge >= 0.3 is 17.7 Å². The van der Waals surface area contributed by atoms with Crippen LogP contribution in [0.15, 0.2) is 9.32 Å². The van der Waals surface area contributed by atoms with Crippen LogP contribution >= 0.6 is 0 Å². The predicted molar refractivity (Wildman–Crippen MR) is 122 cm³/mol. The van der Waals surface area contributed by atoms with Gasteiger partial charge in [0.1, 0.15) is 5.60 Å². The van der Waals surface area contributed by atoms with Gasteiger partial charge in [-0.25, -0.2) is 4.79 Å². The number of aryl methyl sites for hydroxylation is 1. The van der Waals surface area contributed by atoms with E-state index in [4.69, 9.17) is 9.26 Å². The minimum absolute atomic E-state index is 0.114. The van der Waals surface area contributed by atoms with E-state index in [0.717, 1.165) is 12.8 Å². The number of carboxylic acid groups (broad SMARTS) is 1. The quantitative estimate of drug-likeness (QED) is 0.314. The Morgan fingerprint density at radius 2 is 1.91 bits per heavy atom. The Morgan fingerprint density at radius 3 is 2.44 bits per heavy atom. The molecule has 34 heavy (non-hydrogen) atoms. The zero-order valence-corrected chi connectivity index (χ0v) is 21.0. The Morgan fingerprint density at radius 1 is 1.26 bits per heavy atom. The molecule has 1 N–H and O–H groups in total. The number of carbonyl (C=O) groups excluding carboxylic acids is 1. The van der Waals surface area contributed by atoms with Gasteiger partial charge in [-0.2, -0.15) is 0 Å². The van der Waals surface area contributed by atoms with Gasteiger partial charge in [-0.1, -0.05) is 32.3 Å². The lowest BCUT2D eigenvalue weighted by Gasteiger charge is -2.37. The largest absolute Gasteiger partial charge is 0.481 e. The van der Waals surface area contributed by atoms with Gasteiger partial charge in [0.05, 0.1) is 12.3 Å². The van der Waals surface area contributed by atoms with Crippen LogP contribution in [0, 0.1) is 21.4 Å². The first-order chi connectivity index (χ1) is 15.6. The molecule has 0 amide bonds. The third-order valence-corrected chi connectivity index (χ3v) is 6.38. The fraction of sp³-hybridized carbons (Fsp3) is 0.826. The third kappa shape index (κ3) is 6.89. The van der Waals surface area contributed by atoms with Gasteiger partial charge in [0.2, 0.25) is 5.54 Å². The van der Waals surface area contributed by atoms with Gasteiger partial charge in [0.25, 0.3) is 0 Å². The van der Waals surface area contributed by atoms with E-state index < -0.39 is 57.6 Å². The van der Waals surface area contributed by atoms with E-state index in [1.165, 1.54) is 4.57 Å². The molecule has 11 heteroatoms. The lowest BCUT2D eigenvalue weighted by Crippen LogP contribution is -2.48. The highest BCUT2D eigenvalue weighted by molar-refractivity contribution is 5.74. The smallest absolute Gasteiger partial charge is 0.441 e. The van der Waals surface area contributed by atoms with Crippen molar-refractivity contribution in [1.82, 2.24) is 9.72 Å². The first-order valence-electron chi connectivity index (χ1n) is 11.7. The zero-order valence-electron chi connectivity index (χ0n) is 21.0. The molecule has 3 unspecified atom stereocenters. The topological polar surface area (TPSA) is 155 Å². The highest BCUT2D eigenvalue weighted by Crippen LogP contribution is 2.42. The number of aromatic nitrogens is 2. The monoisotopic (exact) mass is 483 g/mol. The van der Waals surface area contributed by atoms with E-state index in [0.29, 0.717) is 18.7 Å². The Labute approximate surface area is 199 Å². The van der Waals surface area contributed by atoms with Crippen molar-refractivity contribution in [2.24, 2.45) is 11.3 Å². The van der Waals surface area contributed by atoms with Crippen LogP contribution < -0.4 is 5.76 Å². The molecule has 0 spiro atoms. The van der Waals surface area contributed by atoms with Crippen molar-refractivity contribution in [2.45, 2.75) is 110 Å². The summed E-state index contributed by atoms with van der Waals surface area (Å²) in [6, 6.07) is -0.588. The Balaban J connectivity index is 2.54. The summed E-state index contributed by atoms with van der Waals surface area (Å²) in [5, 5.41) is 25.8. The molecule has 1 aliphatic rings. The number of ether oxygens (including phenoxy) is 1. The van der Waals surface area contributed by atoms with Crippen LogP contribution in [0.25, 0.3) is 0 Å². The average Bonchev–Trinajstić information content (AvgIpc) is 2.91. The highest BCUT2D eigenvalue weighted by atomic mass is 16.6. The van der Waals surface area contributed by atoms with E-state index in [9.17, 15) is 29.6 Å². The lowest BCUT2D eigenvalue weighted by atomic mass is 9.70. The van der Waals surface area contributed by atoms with Crippen molar-refractivity contribution in [1.29, 1.82) is 0 Å². The molecule has 1 aromatic rings. The van der Waals surface area contributed by atoms with Gasteiger partial charge in [-0.05, 0) is 39.0 Å². The van der Waals surface area contributed by atoms with E-state index in [2.05, 4.69) is 5.16 Å². The molecule has 0 fully saturated rings. The SMILES string of the molecule is CC(C)(C)OC(=O)C(CC(CCC(=O)O)(CC1CCCCc2noc(=O)n21)[N+](=O)[O-])C(C)(C)C. The molecular weight excluding hydrogens is 446 g/mol. The number of nitrogens with zero attached hydrogens (tertiary/aromatic N) is 3. The first kappa shape index (κ1) is 27.5. The first-order valence-corrected chi connectivity index (χ1v) is 11.7. The minimum atomic E-state index is -1.77. The van der Waals surface area contributed by atoms with Crippen LogP contribution in [0.5, 0.6) is 0 Å². The maximum Gasteiger partial charge on any atom is 0.441 e. The number of nitro groups is 1. The maximum atomic E-state index is 13.2. The average molecular weight is 484 g/mol. The summed E-state index contributed by atoms with van der Waals surface area (Å²) < 4.78 is 11.8. The van der Waals surface area contributed by atoms with E-state index >= 15 is 0 Å². The molecule has 0 aliphatic carbocycles. The van der Waals surface area contributed by atoms with Crippen LogP contribution in [-0.2, 0) is 20.7 Å². The van der Waals surface area contributed by atoms with Gasteiger partial charge in [0.15, 0.2) is 5.82 Å². The van der Waals surface area contributed by atoms with Crippen molar-refractivity contribution in [2.75, 3.05) is 0 Å². The van der Waals surface area contributed by atoms with Crippen molar-refractivity contribution in [3.63, 3.8) is 0 Å². The van der Waals surface area contributed by atoms with Crippen molar-refractivity contribution in [3.8, 4) is 0 Å². The Hall–Kier alpha value is -2.72. The predicted octanol–water partition coefficient (Wildman–Crippen LogP) is 3.77. The normalized spacial score (nSPS) is 19.4.